The number of rotatable bonds is 4. The number of hydrogen-bond acceptors (Lipinski definition) is 2. The van der Waals surface area contributed by atoms with Gasteiger partial charge in [-0.25, -0.2) is 8.42 Å². The molecule has 17 heavy (non-hydrogen) atoms. The molecule has 0 radical (unpaired) electrons. The minimum absolute atomic E-state index is 0.00353. The van der Waals surface area contributed by atoms with Crippen LogP contribution in [0.2, 0.25) is 5.02 Å². The van der Waals surface area contributed by atoms with E-state index >= 15 is 0 Å². The first kappa shape index (κ1) is 12.9. The Balaban J connectivity index is 2.16. The van der Waals surface area contributed by atoms with Gasteiger partial charge in [0.15, 0.2) is 0 Å². The highest BCUT2D eigenvalue weighted by atomic mass is 35.5. The number of nitrogens with zero attached hydrogens (tertiary/aromatic N) is 1. The van der Waals surface area contributed by atoms with E-state index in [0.29, 0.717) is 18.0 Å². The predicted molar refractivity (Wildman–Crippen MR) is 69.6 cm³/mol. The average Bonchev–Trinajstić information content (AvgIpc) is 2.18. The van der Waals surface area contributed by atoms with E-state index in [-0.39, 0.29) is 11.8 Å². The van der Waals surface area contributed by atoms with Crippen LogP contribution in [-0.2, 0) is 10.0 Å². The van der Waals surface area contributed by atoms with Crippen LogP contribution in [0.1, 0.15) is 31.4 Å². The number of halogens is 1. The molecule has 0 aliphatic carbocycles. The molecule has 5 heteroatoms. The minimum Gasteiger partial charge on any atom is -0.212 e. The van der Waals surface area contributed by atoms with Gasteiger partial charge >= 0.3 is 0 Å². The van der Waals surface area contributed by atoms with E-state index in [1.54, 1.807) is 16.4 Å². The van der Waals surface area contributed by atoms with Crippen LogP contribution >= 0.6 is 11.6 Å². The summed E-state index contributed by atoms with van der Waals surface area (Å²) in [6.07, 6.45) is 1.55. The Morgan fingerprint density at radius 2 is 2.00 bits per heavy atom. The fourth-order valence-corrected chi connectivity index (χ4v) is 3.96. The molecule has 3 nitrogen and oxygen atoms in total. The Kier molecular flexibility index (Phi) is 3.76. The Morgan fingerprint density at radius 1 is 1.35 bits per heavy atom. The fraction of sp³-hybridized carbons (Fsp3) is 0.500. The summed E-state index contributed by atoms with van der Waals surface area (Å²) in [5.41, 5.74) is 1.03. The summed E-state index contributed by atoms with van der Waals surface area (Å²) in [5, 5.41) is 0.677. The zero-order valence-electron chi connectivity index (χ0n) is 9.77. The lowest BCUT2D eigenvalue weighted by Gasteiger charge is -2.40. The molecule has 1 fully saturated rings. The normalized spacial score (nSPS) is 21.2. The SMILES string of the molecule is CCCS(=O)(=O)N1CCC1c1ccc(Cl)cc1. The monoisotopic (exact) mass is 273 g/mol. The van der Waals surface area contributed by atoms with Crippen LogP contribution in [0.15, 0.2) is 24.3 Å². The summed E-state index contributed by atoms with van der Waals surface area (Å²) in [4.78, 5) is 0. The van der Waals surface area contributed by atoms with Crippen LogP contribution in [0.3, 0.4) is 0 Å². The van der Waals surface area contributed by atoms with Crippen LogP contribution in [0.25, 0.3) is 0 Å². The first-order valence-corrected chi connectivity index (χ1v) is 7.78. The Hall–Kier alpha value is -0.580. The maximum Gasteiger partial charge on any atom is 0.214 e. The number of benzene rings is 1. The molecule has 1 saturated heterocycles. The van der Waals surface area contributed by atoms with Crippen molar-refractivity contribution in [2.24, 2.45) is 0 Å². The van der Waals surface area contributed by atoms with E-state index in [1.165, 1.54) is 0 Å². The molecule has 0 aromatic heterocycles. The highest BCUT2D eigenvalue weighted by Gasteiger charge is 2.37. The third-order valence-corrected chi connectivity index (χ3v) is 5.37. The summed E-state index contributed by atoms with van der Waals surface area (Å²) < 4.78 is 25.5. The number of sulfonamides is 1. The van der Waals surface area contributed by atoms with E-state index < -0.39 is 10.0 Å². The van der Waals surface area contributed by atoms with E-state index in [0.717, 1.165) is 12.0 Å². The fourth-order valence-electron chi connectivity index (χ4n) is 2.09. The highest BCUT2D eigenvalue weighted by Crippen LogP contribution is 2.36. The molecular weight excluding hydrogens is 258 g/mol. The van der Waals surface area contributed by atoms with Gasteiger partial charge in [0, 0.05) is 11.6 Å². The van der Waals surface area contributed by atoms with Gasteiger partial charge in [-0.05, 0) is 30.5 Å². The molecule has 1 aliphatic heterocycles. The summed E-state index contributed by atoms with van der Waals surface area (Å²) in [7, 11) is -3.08. The number of hydrogen-bond donors (Lipinski definition) is 0. The highest BCUT2D eigenvalue weighted by molar-refractivity contribution is 7.89. The third kappa shape index (κ3) is 2.64. The van der Waals surface area contributed by atoms with Crippen molar-refractivity contribution in [3.63, 3.8) is 0 Å². The quantitative estimate of drug-likeness (QED) is 0.846. The zero-order valence-corrected chi connectivity index (χ0v) is 11.3. The molecule has 1 unspecified atom stereocenters. The van der Waals surface area contributed by atoms with Crippen molar-refractivity contribution in [3.8, 4) is 0 Å². The summed E-state index contributed by atoms with van der Waals surface area (Å²) in [6, 6.07) is 7.42. The second-order valence-electron chi connectivity index (χ2n) is 4.28. The minimum atomic E-state index is -3.08. The first-order valence-electron chi connectivity index (χ1n) is 5.79. The second-order valence-corrected chi connectivity index (χ2v) is 6.76. The molecular formula is C12H16ClNO2S. The third-order valence-electron chi connectivity index (χ3n) is 3.04. The maximum absolute atomic E-state index is 12.0. The molecule has 0 N–H and O–H groups in total. The van der Waals surface area contributed by atoms with Crippen molar-refractivity contribution in [3.05, 3.63) is 34.9 Å². The molecule has 2 rings (SSSR count). The van der Waals surface area contributed by atoms with Crippen LogP contribution in [0.5, 0.6) is 0 Å². The van der Waals surface area contributed by atoms with Gasteiger partial charge in [0.2, 0.25) is 10.0 Å². The van der Waals surface area contributed by atoms with E-state index in [2.05, 4.69) is 0 Å². The molecule has 1 aromatic rings. The molecule has 1 atom stereocenters. The molecule has 94 valence electrons. The first-order chi connectivity index (χ1) is 8.04. The van der Waals surface area contributed by atoms with Gasteiger partial charge in [-0.1, -0.05) is 30.7 Å². The van der Waals surface area contributed by atoms with Gasteiger partial charge in [-0.3, -0.25) is 0 Å². The van der Waals surface area contributed by atoms with Gasteiger partial charge in [0.05, 0.1) is 11.8 Å². The molecule has 1 aromatic carbocycles. The van der Waals surface area contributed by atoms with Gasteiger partial charge in [-0.2, -0.15) is 4.31 Å². The zero-order chi connectivity index (χ0) is 12.5. The Morgan fingerprint density at radius 3 is 2.47 bits per heavy atom. The second kappa shape index (κ2) is 4.96. The van der Waals surface area contributed by atoms with Gasteiger partial charge in [-0.15, -0.1) is 0 Å². The largest absolute Gasteiger partial charge is 0.214 e. The predicted octanol–water partition coefficient (Wildman–Crippen LogP) is 2.83. The van der Waals surface area contributed by atoms with E-state index in [4.69, 9.17) is 11.6 Å². The summed E-state index contributed by atoms with van der Waals surface area (Å²) in [5.74, 6) is 0.233. The summed E-state index contributed by atoms with van der Waals surface area (Å²) >= 11 is 5.82. The lowest BCUT2D eigenvalue weighted by molar-refractivity contribution is 0.202. The molecule has 1 aliphatic rings. The van der Waals surface area contributed by atoms with Crippen molar-refractivity contribution >= 4 is 21.6 Å². The molecule has 0 amide bonds. The van der Waals surface area contributed by atoms with Crippen LogP contribution in [0, 0.1) is 0 Å². The van der Waals surface area contributed by atoms with Gasteiger partial charge < -0.3 is 0 Å². The van der Waals surface area contributed by atoms with Crippen molar-refractivity contribution in [1.29, 1.82) is 0 Å². The average molecular weight is 274 g/mol. The van der Waals surface area contributed by atoms with Crippen molar-refractivity contribution in [1.82, 2.24) is 4.31 Å². The topological polar surface area (TPSA) is 37.4 Å². The molecule has 1 heterocycles. The van der Waals surface area contributed by atoms with Crippen molar-refractivity contribution < 1.29 is 8.42 Å². The van der Waals surface area contributed by atoms with E-state index in [1.807, 2.05) is 19.1 Å². The van der Waals surface area contributed by atoms with Crippen molar-refractivity contribution in [2.45, 2.75) is 25.8 Å². The van der Waals surface area contributed by atoms with Crippen molar-refractivity contribution in [2.75, 3.05) is 12.3 Å². The standard InChI is InChI=1S/C12H16ClNO2S/c1-2-9-17(15,16)14-8-7-12(14)10-3-5-11(13)6-4-10/h3-6,12H,2,7-9H2,1H3. The molecule has 0 saturated carbocycles. The maximum atomic E-state index is 12.0. The lowest BCUT2D eigenvalue weighted by atomic mass is 9.98. The van der Waals surface area contributed by atoms with E-state index in [9.17, 15) is 8.42 Å². The van der Waals surface area contributed by atoms with Crippen LogP contribution in [-0.4, -0.2) is 25.0 Å². The van der Waals surface area contributed by atoms with Crippen LogP contribution in [0.4, 0.5) is 0 Å². The lowest BCUT2D eigenvalue weighted by Crippen LogP contribution is -2.45. The summed E-state index contributed by atoms with van der Waals surface area (Å²) in [6.45, 7) is 2.52. The Bertz CT molecular complexity index is 484. The smallest absolute Gasteiger partial charge is 0.212 e. The van der Waals surface area contributed by atoms with Gasteiger partial charge in [0.1, 0.15) is 0 Å². The molecule has 0 bridgehead atoms. The van der Waals surface area contributed by atoms with Gasteiger partial charge in [0.25, 0.3) is 0 Å². The van der Waals surface area contributed by atoms with Crippen LogP contribution < -0.4 is 0 Å². The Labute approximate surface area is 107 Å². The molecule has 0 spiro atoms.